The summed E-state index contributed by atoms with van der Waals surface area (Å²) >= 11 is 0. The second-order valence-corrected chi connectivity index (χ2v) is 8.81. The first kappa shape index (κ1) is 23.9. The Hall–Kier alpha value is -2.33. The number of aliphatic hydroxyl groups excluding tert-OH is 1. The highest BCUT2D eigenvalue weighted by molar-refractivity contribution is 5.83. The third-order valence-corrected chi connectivity index (χ3v) is 5.46. The van der Waals surface area contributed by atoms with E-state index in [0.717, 1.165) is 29.7 Å². The highest BCUT2D eigenvalue weighted by atomic mass is 16.3. The first-order valence-corrected chi connectivity index (χ1v) is 11.2. The van der Waals surface area contributed by atoms with Gasteiger partial charge in [0.05, 0.1) is 18.1 Å². The molecule has 30 heavy (non-hydrogen) atoms. The fourth-order valence-corrected chi connectivity index (χ4v) is 3.98. The summed E-state index contributed by atoms with van der Waals surface area (Å²) < 4.78 is 0. The van der Waals surface area contributed by atoms with E-state index in [-0.39, 0.29) is 17.9 Å². The molecule has 0 aliphatic carbocycles. The molecule has 2 rings (SSSR count). The van der Waals surface area contributed by atoms with Gasteiger partial charge in [-0.3, -0.25) is 4.79 Å². The van der Waals surface area contributed by atoms with Crippen molar-refractivity contribution in [1.29, 1.82) is 0 Å². The zero-order valence-corrected chi connectivity index (χ0v) is 19.1. The van der Waals surface area contributed by atoms with Gasteiger partial charge in [-0.2, -0.15) is 0 Å². The third-order valence-electron chi connectivity index (χ3n) is 5.46. The number of benzene rings is 2. The van der Waals surface area contributed by atoms with Crippen LogP contribution in [0.3, 0.4) is 0 Å². The van der Waals surface area contributed by atoms with E-state index in [1.807, 2.05) is 49.4 Å². The molecular formula is C26H38N2O2. The van der Waals surface area contributed by atoms with E-state index >= 15 is 0 Å². The SMILES string of the molecule is CCC(C(=O)N[C@@H](Cc1cccc(NC(C)CC(C)C)c1)[C@@H](C)O)c1ccccc1. The maximum absolute atomic E-state index is 13.0. The molecule has 4 heteroatoms. The van der Waals surface area contributed by atoms with Gasteiger partial charge in [-0.1, -0.05) is 63.2 Å². The Labute approximate surface area is 182 Å². The molecule has 0 aliphatic rings. The van der Waals surface area contributed by atoms with E-state index in [1.165, 1.54) is 0 Å². The van der Waals surface area contributed by atoms with Crippen LogP contribution in [0, 0.1) is 5.92 Å². The number of hydrogen-bond acceptors (Lipinski definition) is 3. The standard InChI is InChI=1S/C26H38N2O2/c1-6-24(22-12-8-7-9-13-22)26(30)28-25(20(5)29)17-21-11-10-14-23(16-21)27-19(4)15-18(2)3/h7-14,16,18-20,24-25,27,29H,6,15,17H2,1-5H3,(H,28,30)/t19?,20-,24?,25+/m1/s1. The molecule has 0 aliphatic heterocycles. The Morgan fingerprint density at radius 1 is 1.00 bits per heavy atom. The zero-order chi connectivity index (χ0) is 22.1. The molecule has 1 amide bonds. The number of nitrogens with one attached hydrogen (secondary N) is 2. The Morgan fingerprint density at radius 2 is 1.70 bits per heavy atom. The summed E-state index contributed by atoms with van der Waals surface area (Å²) in [6.07, 6.45) is 1.77. The largest absolute Gasteiger partial charge is 0.391 e. The van der Waals surface area contributed by atoms with Crippen LogP contribution in [0.2, 0.25) is 0 Å². The molecule has 164 valence electrons. The minimum atomic E-state index is -0.640. The van der Waals surface area contributed by atoms with Crippen molar-refractivity contribution in [2.45, 2.75) is 78.0 Å². The summed E-state index contributed by atoms with van der Waals surface area (Å²) in [4.78, 5) is 13.0. The Balaban J connectivity index is 2.06. The summed E-state index contributed by atoms with van der Waals surface area (Å²) in [5.74, 6) is 0.397. The first-order chi connectivity index (χ1) is 14.3. The lowest BCUT2D eigenvalue weighted by atomic mass is 9.94. The molecule has 2 aromatic rings. The topological polar surface area (TPSA) is 61.4 Å². The van der Waals surface area contributed by atoms with E-state index in [4.69, 9.17) is 0 Å². The van der Waals surface area contributed by atoms with E-state index in [9.17, 15) is 9.90 Å². The maximum atomic E-state index is 13.0. The molecule has 4 nitrogen and oxygen atoms in total. The van der Waals surface area contributed by atoms with Gasteiger partial charge in [0, 0.05) is 11.7 Å². The third kappa shape index (κ3) is 7.49. The minimum absolute atomic E-state index is 0.0329. The van der Waals surface area contributed by atoms with Crippen LogP contribution < -0.4 is 10.6 Å². The van der Waals surface area contributed by atoms with Crippen LogP contribution in [0.15, 0.2) is 54.6 Å². The normalized spacial score (nSPS) is 15.3. The van der Waals surface area contributed by atoms with Crippen molar-refractivity contribution in [1.82, 2.24) is 5.32 Å². The maximum Gasteiger partial charge on any atom is 0.227 e. The average molecular weight is 411 g/mol. The molecule has 0 bridgehead atoms. The molecule has 0 fully saturated rings. The molecule has 4 atom stereocenters. The van der Waals surface area contributed by atoms with Crippen LogP contribution in [0.4, 0.5) is 5.69 Å². The molecule has 0 saturated carbocycles. The molecule has 0 saturated heterocycles. The molecular weight excluding hydrogens is 372 g/mol. The van der Waals surface area contributed by atoms with Gasteiger partial charge in [-0.15, -0.1) is 0 Å². The average Bonchev–Trinajstić information content (AvgIpc) is 2.68. The smallest absolute Gasteiger partial charge is 0.227 e. The lowest BCUT2D eigenvalue weighted by molar-refractivity contribution is -0.124. The molecule has 0 radical (unpaired) electrons. The van der Waals surface area contributed by atoms with Gasteiger partial charge in [0.25, 0.3) is 0 Å². The van der Waals surface area contributed by atoms with Crippen LogP contribution in [0.1, 0.15) is 64.5 Å². The summed E-state index contributed by atoms with van der Waals surface area (Å²) in [6.45, 7) is 10.4. The highest BCUT2D eigenvalue weighted by Gasteiger charge is 2.24. The second-order valence-electron chi connectivity index (χ2n) is 8.81. The monoisotopic (exact) mass is 410 g/mol. The lowest BCUT2D eigenvalue weighted by Gasteiger charge is -2.25. The van der Waals surface area contributed by atoms with Crippen molar-refractivity contribution in [3.63, 3.8) is 0 Å². The second kappa shape index (κ2) is 11.8. The van der Waals surface area contributed by atoms with Crippen molar-refractivity contribution >= 4 is 11.6 Å². The summed E-state index contributed by atoms with van der Waals surface area (Å²) in [5, 5.41) is 17.0. The Morgan fingerprint density at radius 3 is 2.30 bits per heavy atom. The van der Waals surface area contributed by atoms with E-state index < -0.39 is 6.10 Å². The van der Waals surface area contributed by atoms with Crippen molar-refractivity contribution in [2.24, 2.45) is 5.92 Å². The fourth-order valence-electron chi connectivity index (χ4n) is 3.98. The molecule has 3 N–H and O–H groups in total. The lowest BCUT2D eigenvalue weighted by Crippen LogP contribution is -2.45. The number of aliphatic hydroxyl groups is 1. The number of anilines is 1. The number of carbonyl (C=O) groups is 1. The van der Waals surface area contributed by atoms with E-state index in [2.05, 4.69) is 43.5 Å². The number of carbonyl (C=O) groups excluding carboxylic acids is 1. The quantitative estimate of drug-likeness (QED) is 0.481. The van der Waals surface area contributed by atoms with Gasteiger partial charge >= 0.3 is 0 Å². The van der Waals surface area contributed by atoms with Crippen LogP contribution in [-0.2, 0) is 11.2 Å². The van der Waals surface area contributed by atoms with Crippen molar-refractivity contribution in [2.75, 3.05) is 5.32 Å². The first-order valence-electron chi connectivity index (χ1n) is 11.2. The summed E-state index contributed by atoms with van der Waals surface area (Å²) in [6, 6.07) is 18.2. The fraction of sp³-hybridized carbons (Fsp3) is 0.500. The highest BCUT2D eigenvalue weighted by Crippen LogP contribution is 2.21. The summed E-state index contributed by atoms with van der Waals surface area (Å²) in [7, 11) is 0. The van der Waals surface area contributed by atoms with Crippen molar-refractivity contribution in [3.05, 3.63) is 65.7 Å². The van der Waals surface area contributed by atoms with Crippen molar-refractivity contribution < 1.29 is 9.90 Å². The van der Waals surface area contributed by atoms with Crippen LogP contribution in [0.25, 0.3) is 0 Å². The van der Waals surface area contributed by atoms with E-state index in [0.29, 0.717) is 18.4 Å². The van der Waals surface area contributed by atoms with Gasteiger partial charge in [0.2, 0.25) is 5.91 Å². The predicted octanol–water partition coefficient (Wildman–Crippen LogP) is 5.14. The van der Waals surface area contributed by atoms with Gasteiger partial charge in [0.15, 0.2) is 0 Å². The minimum Gasteiger partial charge on any atom is -0.391 e. The predicted molar refractivity (Wildman–Crippen MR) is 126 cm³/mol. The molecule has 0 heterocycles. The Bertz CT molecular complexity index is 774. The van der Waals surface area contributed by atoms with Gasteiger partial charge in [0.1, 0.15) is 0 Å². The Kier molecular flexibility index (Phi) is 9.38. The molecule has 2 unspecified atom stereocenters. The number of rotatable bonds is 11. The van der Waals surface area contributed by atoms with Crippen LogP contribution >= 0.6 is 0 Å². The van der Waals surface area contributed by atoms with Crippen LogP contribution in [0.5, 0.6) is 0 Å². The number of amides is 1. The summed E-state index contributed by atoms with van der Waals surface area (Å²) in [5.41, 5.74) is 3.18. The zero-order valence-electron chi connectivity index (χ0n) is 19.1. The number of hydrogen-bond donors (Lipinski definition) is 3. The van der Waals surface area contributed by atoms with Crippen molar-refractivity contribution in [3.8, 4) is 0 Å². The van der Waals surface area contributed by atoms with Gasteiger partial charge < -0.3 is 15.7 Å². The molecule has 2 aromatic carbocycles. The van der Waals surface area contributed by atoms with Crippen LogP contribution in [-0.4, -0.2) is 29.2 Å². The van der Waals surface area contributed by atoms with E-state index in [1.54, 1.807) is 6.92 Å². The van der Waals surface area contributed by atoms with Gasteiger partial charge in [-0.25, -0.2) is 0 Å². The van der Waals surface area contributed by atoms with Gasteiger partial charge in [-0.05, 0) is 62.3 Å². The molecule has 0 spiro atoms. The molecule has 0 aromatic heterocycles.